The maximum Gasteiger partial charge on any atom is 0.225 e. The number of carbonyl (C=O) groups excluding carboxylic acids is 2. The molecule has 2 amide bonds. The van der Waals surface area contributed by atoms with Crippen LogP contribution in [0.2, 0.25) is 0 Å². The Morgan fingerprint density at radius 2 is 1.87 bits per heavy atom. The Balaban J connectivity index is 1.72. The van der Waals surface area contributed by atoms with Crippen LogP contribution in [-0.2, 0) is 9.59 Å². The lowest BCUT2D eigenvalue weighted by Gasteiger charge is -2.38. The average molecular weight is 314 g/mol. The summed E-state index contributed by atoms with van der Waals surface area (Å²) >= 11 is 0. The van der Waals surface area contributed by atoms with Gasteiger partial charge in [0.2, 0.25) is 11.8 Å². The van der Waals surface area contributed by atoms with E-state index in [1.54, 1.807) is 4.90 Å². The van der Waals surface area contributed by atoms with Crippen LogP contribution >= 0.6 is 0 Å². The molecule has 23 heavy (non-hydrogen) atoms. The van der Waals surface area contributed by atoms with E-state index in [2.05, 4.69) is 5.32 Å². The van der Waals surface area contributed by atoms with Crippen molar-refractivity contribution >= 4 is 11.8 Å². The molecule has 1 N–H and O–H groups in total. The highest BCUT2D eigenvalue weighted by atomic mass is 16.2. The van der Waals surface area contributed by atoms with E-state index in [0.29, 0.717) is 18.8 Å². The quantitative estimate of drug-likeness (QED) is 0.929. The first kappa shape index (κ1) is 16.0. The highest BCUT2D eigenvalue weighted by Crippen LogP contribution is 2.36. The molecule has 0 unspecified atom stereocenters. The van der Waals surface area contributed by atoms with E-state index in [9.17, 15) is 9.59 Å². The Kier molecular flexibility index (Phi) is 4.99. The van der Waals surface area contributed by atoms with Gasteiger partial charge in [-0.1, -0.05) is 43.2 Å². The molecule has 1 aliphatic heterocycles. The third-order valence-corrected chi connectivity index (χ3v) is 5.38. The molecule has 2 aliphatic rings. The van der Waals surface area contributed by atoms with Crippen molar-refractivity contribution in [3.63, 3.8) is 0 Å². The minimum Gasteiger partial charge on any atom is -0.356 e. The second kappa shape index (κ2) is 7.16. The second-order valence-corrected chi connectivity index (χ2v) is 6.90. The van der Waals surface area contributed by atoms with Crippen molar-refractivity contribution in [3.8, 4) is 0 Å². The van der Waals surface area contributed by atoms with Crippen molar-refractivity contribution in [1.82, 2.24) is 10.2 Å². The first-order chi connectivity index (χ1) is 11.2. The van der Waals surface area contributed by atoms with Gasteiger partial charge in [-0.05, 0) is 30.7 Å². The van der Waals surface area contributed by atoms with Gasteiger partial charge in [0.1, 0.15) is 0 Å². The number of amides is 2. The van der Waals surface area contributed by atoms with Gasteiger partial charge >= 0.3 is 0 Å². The molecule has 1 aromatic carbocycles. The third-order valence-electron chi connectivity index (χ3n) is 5.38. The van der Waals surface area contributed by atoms with Crippen LogP contribution in [0.25, 0.3) is 0 Å². The van der Waals surface area contributed by atoms with Gasteiger partial charge in [0.15, 0.2) is 0 Å². The van der Waals surface area contributed by atoms with E-state index in [1.807, 2.05) is 37.4 Å². The van der Waals surface area contributed by atoms with Crippen LogP contribution in [0.1, 0.15) is 50.1 Å². The van der Waals surface area contributed by atoms with Crippen molar-refractivity contribution < 1.29 is 9.59 Å². The van der Waals surface area contributed by atoms with E-state index in [-0.39, 0.29) is 23.8 Å². The Morgan fingerprint density at radius 1 is 1.17 bits per heavy atom. The van der Waals surface area contributed by atoms with Crippen LogP contribution in [0.5, 0.6) is 0 Å². The molecule has 1 aromatic rings. The summed E-state index contributed by atoms with van der Waals surface area (Å²) in [5, 5.41) is 3.15. The fraction of sp³-hybridized carbons (Fsp3) is 0.579. The number of carbonyl (C=O) groups is 2. The molecular weight excluding hydrogens is 288 g/mol. The maximum atomic E-state index is 12.7. The Labute approximate surface area is 138 Å². The zero-order valence-corrected chi connectivity index (χ0v) is 13.8. The summed E-state index contributed by atoms with van der Waals surface area (Å²) in [5.41, 5.74) is 1.05. The largest absolute Gasteiger partial charge is 0.356 e. The van der Waals surface area contributed by atoms with Gasteiger partial charge in [0, 0.05) is 20.0 Å². The fourth-order valence-electron chi connectivity index (χ4n) is 4.01. The predicted octanol–water partition coefficient (Wildman–Crippen LogP) is 2.90. The molecule has 1 saturated carbocycles. The molecule has 0 radical (unpaired) electrons. The minimum atomic E-state index is -0.152. The van der Waals surface area contributed by atoms with Crippen LogP contribution in [0.15, 0.2) is 30.3 Å². The van der Waals surface area contributed by atoms with Gasteiger partial charge in [0.25, 0.3) is 0 Å². The Bertz CT molecular complexity index is 552. The van der Waals surface area contributed by atoms with Gasteiger partial charge in [0.05, 0.1) is 12.0 Å². The number of rotatable bonds is 4. The lowest BCUT2D eigenvalue weighted by molar-refractivity contribution is -0.141. The summed E-state index contributed by atoms with van der Waals surface area (Å²) in [5.74, 6) is 0.711. The van der Waals surface area contributed by atoms with Crippen LogP contribution in [0.4, 0.5) is 0 Å². The molecule has 1 aliphatic carbocycles. The third kappa shape index (κ3) is 3.57. The molecule has 2 atom stereocenters. The molecule has 4 nitrogen and oxygen atoms in total. The molecule has 2 fully saturated rings. The van der Waals surface area contributed by atoms with Crippen molar-refractivity contribution in [1.29, 1.82) is 0 Å². The van der Waals surface area contributed by atoms with E-state index in [4.69, 9.17) is 0 Å². The normalized spacial score (nSPS) is 25.6. The number of benzene rings is 1. The van der Waals surface area contributed by atoms with Crippen molar-refractivity contribution in [3.05, 3.63) is 35.9 Å². The number of hydrogen-bond acceptors (Lipinski definition) is 2. The van der Waals surface area contributed by atoms with E-state index in [1.165, 1.54) is 25.7 Å². The van der Waals surface area contributed by atoms with Gasteiger partial charge in [-0.2, -0.15) is 0 Å². The molecule has 3 rings (SSSR count). The molecular formula is C19H26N2O2. The van der Waals surface area contributed by atoms with Gasteiger partial charge in [-0.25, -0.2) is 0 Å². The van der Waals surface area contributed by atoms with Gasteiger partial charge in [-0.3, -0.25) is 9.59 Å². The van der Waals surface area contributed by atoms with E-state index in [0.717, 1.165) is 12.1 Å². The summed E-state index contributed by atoms with van der Waals surface area (Å²) < 4.78 is 0. The van der Waals surface area contributed by atoms with Crippen LogP contribution in [-0.4, -0.2) is 30.3 Å². The molecule has 0 bridgehead atoms. The molecule has 0 aromatic heterocycles. The maximum absolute atomic E-state index is 12.7. The molecule has 4 heteroatoms. The van der Waals surface area contributed by atoms with Crippen LogP contribution in [0.3, 0.4) is 0 Å². The van der Waals surface area contributed by atoms with Crippen LogP contribution in [0, 0.1) is 11.8 Å². The monoisotopic (exact) mass is 314 g/mol. The lowest BCUT2D eigenvalue weighted by atomic mass is 9.84. The fourth-order valence-corrected chi connectivity index (χ4v) is 4.01. The van der Waals surface area contributed by atoms with Crippen molar-refractivity contribution in [2.75, 3.05) is 13.6 Å². The topological polar surface area (TPSA) is 49.4 Å². The van der Waals surface area contributed by atoms with Crippen molar-refractivity contribution in [2.24, 2.45) is 11.8 Å². The average Bonchev–Trinajstić information content (AvgIpc) is 3.09. The highest BCUT2D eigenvalue weighted by molar-refractivity contribution is 5.84. The zero-order valence-electron chi connectivity index (χ0n) is 13.8. The summed E-state index contributed by atoms with van der Waals surface area (Å²) in [7, 11) is 1.82. The number of likely N-dealkylation sites (tertiary alicyclic amines) is 1. The second-order valence-electron chi connectivity index (χ2n) is 6.90. The first-order valence-electron chi connectivity index (χ1n) is 8.75. The number of nitrogens with zero attached hydrogens (tertiary/aromatic N) is 1. The number of piperidine rings is 1. The predicted molar refractivity (Wildman–Crippen MR) is 89.6 cm³/mol. The SMILES string of the molecule is CN1C(=O)CC[C@H](C(=O)NCC2CCCC2)[C@H]1c1ccccc1. The molecule has 124 valence electrons. The van der Waals surface area contributed by atoms with E-state index < -0.39 is 0 Å². The summed E-state index contributed by atoms with van der Waals surface area (Å²) in [6, 6.07) is 9.77. The molecule has 1 saturated heterocycles. The number of nitrogens with one attached hydrogen (secondary N) is 1. The number of hydrogen-bond donors (Lipinski definition) is 1. The summed E-state index contributed by atoms with van der Waals surface area (Å²) in [6.07, 6.45) is 6.12. The Morgan fingerprint density at radius 3 is 2.57 bits per heavy atom. The standard InChI is InChI=1S/C19H26N2O2/c1-21-17(22)12-11-16(18(21)15-9-3-2-4-10-15)19(23)20-13-14-7-5-6-8-14/h2-4,9-10,14,16,18H,5-8,11-13H2,1H3,(H,20,23)/t16-,18+/m0/s1. The van der Waals surface area contributed by atoms with E-state index >= 15 is 0 Å². The molecule has 0 spiro atoms. The minimum absolute atomic E-state index is 0.102. The summed E-state index contributed by atoms with van der Waals surface area (Å²) in [6.45, 7) is 0.786. The Hall–Kier alpha value is -1.84. The first-order valence-corrected chi connectivity index (χ1v) is 8.75. The van der Waals surface area contributed by atoms with Gasteiger partial charge in [-0.15, -0.1) is 0 Å². The van der Waals surface area contributed by atoms with Crippen LogP contribution < -0.4 is 5.32 Å². The highest BCUT2D eigenvalue weighted by Gasteiger charge is 2.38. The van der Waals surface area contributed by atoms with Crippen molar-refractivity contribution in [2.45, 2.75) is 44.6 Å². The lowest BCUT2D eigenvalue weighted by Crippen LogP contribution is -2.47. The molecule has 1 heterocycles. The summed E-state index contributed by atoms with van der Waals surface area (Å²) in [4.78, 5) is 26.6. The smallest absolute Gasteiger partial charge is 0.225 e. The van der Waals surface area contributed by atoms with Gasteiger partial charge < -0.3 is 10.2 Å². The zero-order chi connectivity index (χ0) is 16.2.